The second-order valence-electron chi connectivity index (χ2n) is 2.10. The fraction of sp³-hybridized carbons (Fsp3) is 0. The molecule has 0 aromatic carbocycles. The van der Waals surface area contributed by atoms with E-state index in [0.29, 0.717) is 15.9 Å². The molecule has 0 radical (unpaired) electrons. The summed E-state index contributed by atoms with van der Waals surface area (Å²) in [6.45, 7) is 0. The van der Waals surface area contributed by atoms with Crippen LogP contribution in [0.15, 0.2) is 30.7 Å². The highest BCUT2D eigenvalue weighted by Crippen LogP contribution is 1.98. The molecule has 2 aromatic heterocycles. The molecule has 2 heterocycles. The van der Waals surface area contributed by atoms with Gasteiger partial charge in [-0.3, -0.25) is 0 Å². The smallest absolute Gasteiger partial charge is 0.351 e. The fourth-order valence-electron chi connectivity index (χ4n) is 0.912. The molecular weight excluding hydrogens is 142 g/mol. The number of pyridine rings is 1. The zero-order chi connectivity index (χ0) is 7.68. The molecule has 4 nitrogen and oxygen atoms in total. The normalized spacial score (nSPS) is 10.2. The lowest BCUT2D eigenvalue weighted by Gasteiger charge is -1.99. The van der Waals surface area contributed by atoms with Gasteiger partial charge >= 0.3 is 5.65 Å². The Bertz CT molecular complexity index is 383. The average Bonchev–Trinajstić information content (AvgIpc) is 2.06. The van der Waals surface area contributed by atoms with E-state index < -0.39 is 0 Å². The summed E-state index contributed by atoms with van der Waals surface area (Å²) in [5.74, 6) is 0. The van der Waals surface area contributed by atoms with Crippen LogP contribution in [0.5, 0.6) is 0 Å². The Kier molecular flexibility index (Phi) is 1.18. The Morgan fingerprint density at radius 3 is 2.91 bits per heavy atom. The third kappa shape index (κ3) is 0.881. The van der Waals surface area contributed by atoms with Crippen LogP contribution >= 0.6 is 0 Å². The Labute approximate surface area is 62.7 Å². The first kappa shape index (κ1) is 6.03. The van der Waals surface area contributed by atoms with E-state index in [9.17, 15) is 5.21 Å². The molecule has 0 aliphatic heterocycles. The van der Waals surface area contributed by atoms with E-state index in [2.05, 4.69) is 9.97 Å². The molecule has 0 aliphatic rings. The molecule has 0 N–H and O–H groups in total. The van der Waals surface area contributed by atoms with Gasteiger partial charge in [-0.05, 0) is 17.1 Å². The lowest BCUT2D eigenvalue weighted by atomic mass is 10.4. The third-order valence-corrected chi connectivity index (χ3v) is 1.39. The van der Waals surface area contributed by atoms with E-state index in [0.717, 1.165) is 0 Å². The number of fused-ring (bicyclic) bond motifs is 1. The quantitative estimate of drug-likeness (QED) is 0.397. The summed E-state index contributed by atoms with van der Waals surface area (Å²) in [5.41, 5.74) is 0.972. The van der Waals surface area contributed by atoms with Gasteiger partial charge in [0, 0.05) is 0 Å². The van der Waals surface area contributed by atoms with Crippen molar-refractivity contribution in [1.82, 2.24) is 9.97 Å². The van der Waals surface area contributed by atoms with Gasteiger partial charge < -0.3 is 5.21 Å². The number of hydrogen-bond acceptors (Lipinski definition) is 3. The number of nitrogens with zero attached hydrogens (tertiary/aromatic N) is 3. The number of hydrogen-bond donors (Lipinski definition) is 0. The highest BCUT2D eigenvalue weighted by atomic mass is 16.5. The molecule has 0 amide bonds. The lowest BCUT2D eigenvalue weighted by Crippen LogP contribution is -2.26. The Morgan fingerprint density at radius 1 is 1.27 bits per heavy atom. The van der Waals surface area contributed by atoms with Crippen LogP contribution in [0.3, 0.4) is 0 Å². The van der Waals surface area contributed by atoms with Crippen LogP contribution in [0.1, 0.15) is 0 Å². The SMILES string of the molecule is [O-][n+]1cccc2nccnc21. The summed E-state index contributed by atoms with van der Waals surface area (Å²) in [7, 11) is 0. The Morgan fingerprint density at radius 2 is 2.09 bits per heavy atom. The van der Waals surface area contributed by atoms with E-state index in [-0.39, 0.29) is 0 Å². The van der Waals surface area contributed by atoms with E-state index in [1.165, 1.54) is 12.4 Å². The molecular formula is C7H5N3O. The van der Waals surface area contributed by atoms with Crippen LogP contribution in [-0.4, -0.2) is 9.97 Å². The topological polar surface area (TPSA) is 52.7 Å². The Balaban J connectivity index is 2.91. The van der Waals surface area contributed by atoms with Gasteiger partial charge in [-0.25, -0.2) is 9.71 Å². The fourth-order valence-corrected chi connectivity index (χ4v) is 0.912. The maximum absolute atomic E-state index is 11.0. The van der Waals surface area contributed by atoms with Crippen molar-refractivity contribution in [3.63, 3.8) is 0 Å². The maximum Gasteiger partial charge on any atom is 0.351 e. The predicted molar refractivity (Wildman–Crippen MR) is 38.5 cm³/mol. The van der Waals surface area contributed by atoms with Gasteiger partial charge in [0.05, 0.1) is 12.4 Å². The zero-order valence-electron chi connectivity index (χ0n) is 5.64. The van der Waals surface area contributed by atoms with Crippen molar-refractivity contribution in [2.45, 2.75) is 0 Å². The van der Waals surface area contributed by atoms with Crippen LogP contribution in [0.2, 0.25) is 0 Å². The minimum Gasteiger partial charge on any atom is -0.710 e. The highest BCUT2D eigenvalue weighted by Gasteiger charge is 2.01. The summed E-state index contributed by atoms with van der Waals surface area (Å²) in [5, 5.41) is 11.0. The van der Waals surface area contributed by atoms with E-state index in [1.54, 1.807) is 18.3 Å². The predicted octanol–water partition coefficient (Wildman–Crippen LogP) is 0.263. The maximum atomic E-state index is 11.0. The Hall–Kier alpha value is -1.71. The summed E-state index contributed by atoms with van der Waals surface area (Å²) < 4.78 is 0.697. The molecule has 0 bridgehead atoms. The van der Waals surface area contributed by atoms with Crippen LogP contribution in [-0.2, 0) is 0 Å². The van der Waals surface area contributed by atoms with E-state index in [1.807, 2.05) is 0 Å². The summed E-state index contributed by atoms with van der Waals surface area (Å²) in [6, 6.07) is 3.39. The number of rotatable bonds is 0. The van der Waals surface area contributed by atoms with E-state index in [4.69, 9.17) is 0 Å². The van der Waals surface area contributed by atoms with Crippen molar-refractivity contribution >= 4 is 11.2 Å². The van der Waals surface area contributed by atoms with Crippen molar-refractivity contribution in [3.8, 4) is 0 Å². The monoisotopic (exact) mass is 147 g/mol. The molecule has 54 valence electrons. The summed E-state index contributed by atoms with van der Waals surface area (Å²) in [4.78, 5) is 7.83. The molecule has 11 heavy (non-hydrogen) atoms. The molecule has 0 aliphatic carbocycles. The van der Waals surface area contributed by atoms with Crippen LogP contribution in [0.25, 0.3) is 11.2 Å². The van der Waals surface area contributed by atoms with E-state index >= 15 is 0 Å². The first-order valence-corrected chi connectivity index (χ1v) is 3.17. The molecule has 0 fully saturated rings. The zero-order valence-corrected chi connectivity index (χ0v) is 5.64. The highest BCUT2D eigenvalue weighted by molar-refractivity contribution is 5.64. The van der Waals surface area contributed by atoms with Crippen molar-refractivity contribution in [2.75, 3.05) is 0 Å². The van der Waals surface area contributed by atoms with Crippen molar-refractivity contribution in [3.05, 3.63) is 35.9 Å². The van der Waals surface area contributed by atoms with Crippen molar-refractivity contribution < 1.29 is 4.73 Å². The summed E-state index contributed by atoms with van der Waals surface area (Å²) in [6.07, 6.45) is 4.45. The molecule has 0 unspecified atom stereocenters. The van der Waals surface area contributed by atoms with Gasteiger partial charge in [-0.2, -0.15) is 0 Å². The van der Waals surface area contributed by atoms with Crippen molar-refractivity contribution in [1.29, 1.82) is 0 Å². The van der Waals surface area contributed by atoms with Gasteiger partial charge in [-0.1, -0.05) is 0 Å². The lowest BCUT2D eigenvalue weighted by molar-refractivity contribution is -0.579. The average molecular weight is 147 g/mol. The first-order valence-electron chi connectivity index (χ1n) is 3.17. The molecule has 0 spiro atoms. The molecule has 0 saturated carbocycles. The van der Waals surface area contributed by atoms with Crippen LogP contribution < -0.4 is 4.73 Å². The standard InChI is InChI=1S/C7H5N3O/c11-10-5-1-2-6-7(10)9-4-3-8-6/h1-5H. The first-order chi connectivity index (χ1) is 5.38. The van der Waals surface area contributed by atoms with Crippen LogP contribution in [0, 0.1) is 5.21 Å². The molecule has 0 saturated heterocycles. The second-order valence-corrected chi connectivity index (χ2v) is 2.10. The van der Waals surface area contributed by atoms with Crippen molar-refractivity contribution in [2.24, 2.45) is 0 Å². The van der Waals surface area contributed by atoms with Gasteiger partial charge in [0.15, 0.2) is 11.7 Å². The molecule has 2 rings (SSSR count). The van der Waals surface area contributed by atoms with Gasteiger partial charge in [-0.15, -0.1) is 0 Å². The molecule has 0 atom stereocenters. The third-order valence-electron chi connectivity index (χ3n) is 1.39. The largest absolute Gasteiger partial charge is 0.710 e. The molecule has 2 aromatic rings. The van der Waals surface area contributed by atoms with Crippen LogP contribution in [0.4, 0.5) is 0 Å². The van der Waals surface area contributed by atoms with Gasteiger partial charge in [0.2, 0.25) is 0 Å². The number of aromatic nitrogens is 3. The summed E-state index contributed by atoms with van der Waals surface area (Å²) >= 11 is 0. The minimum atomic E-state index is 0.356. The van der Waals surface area contributed by atoms with Gasteiger partial charge in [0.1, 0.15) is 0 Å². The minimum absolute atomic E-state index is 0.356. The van der Waals surface area contributed by atoms with Gasteiger partial charge in [0.25, 0.3) is 0 Å². The second kappa shape index (κ2) is 2.16. The molecule has 4 heteroatoms.